The van der Waals surface area contributed by atoms with E-state index in [9.17, 15) is 8.42 Å². The van der Waals surface area contributed by atoms with E-state index in [1.807, 2.05) is 13.0 Å². The van der Waals surface area contributed by atoms with E-state index in [-0.39, 0.29) is 11.5 Å². The average molecular weight is 404 g/mol. The van der Waals surface area contributed by atoms with Gasteiger partial charge in [-0.15, -0.1) is 0 Å². The number of rotatable bonds is 13. The second kappa shape index (κ2) is 12.0. The lowest BCUT2D eigenvalue weighted by Gasteiger charge is -2.16. The van der Waals surface area contributed by atoms with Crippen LogP contribution in [0.5, 0.6) is 0 Å². The third-order valence-electron chi connectivity index (χ3n) is 4.78. The summed E-state index contributed by atoms with van der Waals surface area (Å²) in [6.07, 6.45) is 6.49. The summed E-state index contributed by atoms with van der Waals surface area (Å²) in [4.78, 5) is 2.59. The predicted octanol–water partition coefficient (Wildman–Crippen LogP) is 5.17. The molecule has 0 N–H and O–H groups in total. The zero-order valence-electron chi connectivity index (χ0n) is 17.1. The number of unbranched alkanes of at least 4 members (excludes halogenated alkanes) is 5. The standard InChI is InChI=1S/C23H33NO3S/c1-21-14-16-23(17-15-21)28(25,26)27-19-11-6-4-3-5-10-18-24(2)20-22-12-8-7-9-13-22/h7-9,12-17H,3-6,10-11,18-20H2,1-2H3. The van der Waals surface area contributed by atoms with Gasteiger partial charge in [0.2, 0.25) is 0 Å². The van der Waals surface area contributed by atoms with Crippen LogP contribution in [0.3, 0.4) is 0 Å². The fraction of sp³-hybridized carbons (Fsp3) is 0.478. The molecule has 0 atom stereocenters. The maximum Gasteiger partial charge on any atom is 0.296 e. The van der Waals surface area contributed by atoms with E-state index in [1.54, 1.807) is 24.3 Å². The van der Waals surface area contributed by atoms with Crippen molar-refractivity contribution in [3.63, 3.8) is 0 Å². The Hall–Kier alpha value is -1.69. The molecular weight excluding hydrogens is 370 g/mol. The van der Waals surface area contributed by atoms with Crippen LogP contribution in [-0.2, 0) is 20.8 Å². The van der Waals surface area contributed by atoms with Crippen molar-refractivity contribution in [2.24, 2.45) is 0 Å². The molecule has 0 heterocycles. The van der Waals surface area contributed by atoms with Crippen LogP contribution in [-0.4, -0.2) is 33.5 Å². The molecule has 28 heavy (non-hydrogen) atoms. The summed E-state index contributed by atoms with van der Waals surface area (Å²) in [5.41, 5.74) is 2.38. The molecule has 2 aromatic carbocycles. The molecule has 4 nitrogen and oxygen atoms in total. The third-order valence-corrected chi connectivity index (χ3v) is 6.10. The van der Waals surface area contributed by atoms with E-state index in [0.29, 0.717) is 0 Å². The summed E-state index contributed by atoms with van der Waals surface area (Å²) >= 11 is 0. The van der Waals surface area contributed by atoms with Gasteiger partial charge in [0.15, 0.2) is 0 Å². The Bertz CT molecular complexity index is 773. The molecule has 2 rings (SSSR count). The van der Waals surface area contributed by atoms with Crippen molar-refractivity contribution in [2.45, 2.75) is 56.9 Å². The van der Waals surface area contributed by atoms with Crippen LogP contribution in [0.2, 0.25) is 0 Å². The molecule has 0 unspecified atom stereocenters. The van der Waals surface area contributed by atoms with Crippen LogP contribution in [0.15, 0.2) is 59.5 Å². The molecule has 2 aromatic rings. The Kier molecular flexibility index (Phi) is 9.68. The quantitative estimate of drug-likeness (QED) is 0.342. The number of benzene rings is 2. The van der Waals surface area contributed by atoms with Gasteiger partial charge < -0.3 is 4.90 Å². The number of hydrogen-bond acceptors (Lipinski definition) is 4. The van der Waals surface area contributed by atoms with Gasteiger partial charge in [-0.3, -0.25) is 4.18 Å². The summed E-state index contributed by atoms with van der Waals surface area (Å²) in [5, 5.41) is 0. The summed E-state index contributed by atoms with van der Waals surface area (Å²) < 4.78 is 29.3. The Morgan fingerprint density at radius 3 is 2.11 bits per heavy atom. The van der Waals surface area contributed by atoms with Crippen LogP contribution in [0.25, 0.3) is 0 Å². The van der Waals surface area contributed by atoms with Crippen LogP contribution < -0.4 is 0 Å². The maximum atomic E-state index is 12.1. The average Bonchev–Trinajstić information content (AvgIpc) is 2.68. The molecule has 0 amide bonds. The molecule has 0 radical (unpaired) electrons. The first-order valence-electron chi connectivity index (χ1n) is 10.2. The molecule has 0 saturated heterocycles. The van der Waals surface area contributed by atoms with E-state index in [2.05, 4.69) is 36.2 Å². The van der Waals surface area contributed by atoms with Gasteiger partial charge in [-0.05, 0) is 51.1 Å². The number of nitrogens with zero attached hydrogens (tertiary/aromatic N) is 1. The van der Waals surface area contributed by atoms with Crippen molar-refractivity contribution in [3.8, 4) is 0 Å². The highest BCUT2D eigenvalue weighted by Crippen LogP contribution is 2.14. The molecule has 154 valence electrons. The van der Waals surface area contributed by atoms with Crippen molar-refractivity contribution in [1.82, 2.24) is 4.90 Å². The fourth-order valence-electron chi connectivity index (χ4n) is 3.11. The molecule has 0 bridgehead atoms. The predicted molar refractivity (Wildman–Crippen MR) is 115 cm³/mol. The molecule has 0 aliphatic heterocycles. The number of hydrogen-bond donors (Lipinski definition) is 0. The maximum absolute atomic E-state index is 12.1. The first-order chi connectivity index (χ1) is 13.5. The minimum atomic E-state index is -3.62. The number of aryl methyl sites for hydroxylation is 1. The van der Waals surface area contributed by atoms with E-state index in [4.69, 9.17) is 4.18 Å². The highest BCUT2D eigenvalue weighted by atomic mass is 32.2. The summed E-state index contributed by atoms with van der Waals surface area (Å²) in [5.74, 6) is 0. The van der Waals surface area contributed by atoms with Gasteiger partial charge in [-0.2, -0.15) is 8.42 Å². The van der Waals surface area contributed by atoms with Crippen molar-refractivity contribution >= 4 is 10.1 Å². The van der Waals surface area contributed by atoms with Crippen molar-refractivity contribution in [1.29, 1.82) is 0 Å². The lowest BCUT2D eigenvalue weighted by atomic mass is 10.1. The molecular formula is C23H33NO3S. The second-order valence-corrected chi connectivity index (χ2v) is 9.05. The Morgan fingerprint density at radius 2 is 1.43 bits per heavy atom. The van der Waals surface area contributed by atoms with Crippen LogP contribution in [0.1, 0.15) is 49.7 Å². The Balaban J connectivity index is 1.49. The van der Waals surface area contributed by atoms with Gasteiger partial charge in [0.05, 0.1) is 11.5 Å². The smallest absolute Gasteiger partial charge is 0.296 e. The summed E-state index contributed by atoms with van der Waals surface area (Å²) in [6, 6.07) is 17.3. The first-order valence-corrected chi connectivity index (χ1v) is 11.6. The van der Waals surface area contributed by atoms with Crippen LogP contribution >= 0.6 is 0 Å². The van der Waals surface area contributed by atoms with Gasteiger partial charge >= 0.3 is 0 Å². The molecule has 0 spiro atoms. The Labute approximate surface area is 170 Å². The van der Waals surface area contributed by atoms with Crippen molar-refractivity contribution in [2.75, 3.05) is 20.2 Å². The third kappa shape index (κ3) is 8.55. The largest absolute Gasteiger partial charge is 0.302 e. The minimum Gasteiger partial charge on any atom is -0.302 e. The SMILES string of the molecule is Cc1ccc(S(=O)(=O)OCCCCCCCCN(C)Cc2ccccc2)cc1. The Morgan fingerprint density at radius 1 is 0.821 bits per heavy atom. The summed E-state index contributed by atoms with van der Waals surface area (Å²) in [7, 11) is -1.45. The van der Waals surface area contributed by atoms with Crippen molar-refractivity contribution < 1.29 is 12.6 Å². The zero-order chi connectivity index (χ0) is 20.2. The molecule has 0 aliphatic rings. The lowest BCUT2D eigenvalue weighted by molar-refractivity contribution is 0.303. The second-order valence-electron chi connectivity index (χ2n) is 7.43. The molecule has 0 aliphatic carbocycles. The summed E-state index contributed by atoms with van der Waals surface area (Å²) in [6.45, 7) is 4.29. The normalized spacial score (nSPS) is 11.8. The van der Waals surface area contributed by atoms with Gasteiger partial charge in [0.25, 0.3) is 10.1 Å². The van der Waals surface area contributed by atoms with Crippen LogP contribution in [0.4, 0.5) is 0 Å². The van der Waals surface area contributed by atoms with E-state index >= 15 is 0 Å². The monoisotopic (exact) mass is 403 g/mol. The van der Waals surface area contributed by atoms with E-state index in [1.165, 1.54) is 24.8 Å². The van der Waals surface area contributed by atoms with Crippen LogP contribution in [0, 0.1) is 6.92 Å². The first kappa shape index (κ1) is 22.6. The fourth-order valence-corrected chi connectivity index (χ4v) is 4.05. The highest BCUT2D eigenvalue weighted by Gasteiger charge is 2.14. The van der Waals surface area contributed by atoms with Gasteiger partial charge in [0.1, 0.15) is 0 Å². The van der Waals surface area contributed by atoms with Gasteiger partial charge in [-0.25, -0.2) is 0 Å². The lowest BCUT2D eigenvalue weighted by Crippen LogP contribution is -2.18. The highest BCUT2D eigenvalue weighted by molar-refractivity contribution is 7.86. The topological polar surface area (TPSA) is 46.6 Å². The van der Waals surface area contributed by atoms with Gasteiger partial charge in [0, 0.05) is 6.54 Å². The van der Waals surface area contributed by atoms with E-state index < -0.39 is 10.1 Å². The minimum absolute atomic E-state index is 0.234. The van der Waals surface area contributed by atoms with E-state index in [0.717, 1.165) is 37.9 Å². The zero-order valence-corrected chi connectivity index (χ0v) is 18.0. The molecule has 0 aromatic heterocycles. The molecule has 5 heteroatoms. The molecule has 0 saturated carbocycles. The molecule has 0 fully saturated rings. The van der Waals surface area contributed by atoms with Crippen molar-refractivity contribution in [3.05, 3.63) is 65.7 Å². The van der Waals surface area contributed by atoms with Gasteiger partial charge in [-0.1, -0.05) is 73.7 Å².